The van der Waals surface area contributed by atoms with Crippen LogP contribution in [0.3, 0.4) is 0 Å². The van der Waals surface area contributed by atoms with E-state index in [1.807, 2.05) is 18.2 Å². The number of nitro groups is 1. The number of hydrogen-bond acceptors (Lipinski definition) is 6. The molecular weight excluding hydrogens is 306 g/mol. The zero-order valence-corrected chi connectivity index (χ0v) is 12.9. The molecule has 120 valence electrons. The van der Waals surface area contributed by atoms with Crippen molar-refractivity contribution in [3.8, 4) is 11.3 Å². The molecule has 0 fully saturated rings. The maximum atomic E-state index is 11.3. The average Bonchev–Trinajstić information content (AvgIpc) is 2.58. The lowest BCUT2D eigenvalue weighted by atomic mass is 10.1. The maximum Gasteiger partial charge on any atom is 0.292 e. The highest BCUT2D eigenvalue weighted by Gasteiger charge is 2.16. The number of aryl methyl sites for hydroxylation is 1. The fraction of sp³-hybridized carbons (Fsp3) is 0.0588. The summed E-state index contributed by atoms with van der Waals surface area (Å²) in [7, 11) is 0. The molecule has 7 nitrogen and oxygen atoms in total. The summed E-state index contributed by atoms with van der Waals surface area (Å²) in [5.41, 5.74) is 8.83. The van der Waals surface area contributed by atoms with Crippen LogP contribution in [0.1, 0.15) is 5.69 Å². The standard InChI is InChI=1S/C17H15N5O2/c1-11-13(6-8-17(18)20-11)21-15-10-12(5-7-16(15)22(23)24)14-4-2-3-9-19-14/h2-10,21H,1H3,(H2,18,20). The summed E-state index contributed by atoms with van der Waals surface area (Å²) < 4.78 is 0. The molecule has 0 unspecified atom stereocenters. The third-order valence-corrected chi connectivity index (χ3v) is 3.53. The topological polar surface area (TPSA) is 107 Å². The third-order valence-electron chi connectivity index (χ3n) is 3.53. The Morgan fingerprint density at radius 3 is 2.62 bits per heavy atom. The fourth-order valence-electron chi connectivity index (χ4n) is 2.35. The molecule has 2 heterocycles. The molecule has 7 heteroatoms. The van der Waals surface area contributed by atoms with Crippen LogP contribution in [-0.4, -0.2) is 14.9 Å². The summed E-state index contributed by atoms with van der Waals surface area (Å²) in [5, 5.41) is 14.4. The molecule has 0 amide bonds. The first-order chi connectivity index (χ1) is 11.5. The Morgan fingerprint density at radius 1 is 1.12 bits per heavy atom. The minimum absolute atomic E-state index is 0.0223. The Labute approximate surface area is 138 Å². The quantitative estimate of drug-likeness (QED) is 0.560. The maximum absolute atomic E-state index is 11.3. The molecular formula is C17H15N5O2. The number of nitrogen functional groups attached to an aromatic ring is 1. The summed E-state index contributed by atoms with van der Waals surface area (Å²) in [6.45, 7) is 1.78. The van der Waals surface area contributed by atoms with Gasteiger partial charge in [-0.25, -0.2) is 4.98 Å². The minimum atomic E-state index is -0.426. The molecule has 2 aromatic heterocycles. The zero-order chi connectivity index (χ0) is 17.1. The Morgan fingerprint density at radius 2 is 1.96 bits per heavy atom. The van der Waals surface area contributed by atoms with Gasteiger partial charge in [-0.1, -0.05) is 6.07 Å². The van der Waals surface area contributed by atoms with Crippen LogP contribution in [0, 0.1) is 17.0 Å². The number of aromatic nitrogens is 2. The molecule has 0 atom stereocenters. The molecule has 0 spiro atoms. The van der Waals surface area contributed by atoms with E-state index in [1.165, 1.54) is 6.07 Å². The van der Waals surface area contributed by atoms with Crippen LogP contribution in [0.5, 0.6) is 0 Å². The molecule has 0 aliphatic heterocycles. The van der Waals surface area contributed by atoms with Gasteiger partial charge in [0.25, 0.3) is 5.69 Å². The van der Waals surface area contributed by atoms with E-state index in [-0.39, 0.29) is 5.69 Å². The van der Waals surface area contributed by atoms with Gasteiger partial charge in [0.2, 0.25) is 0 Å². The molecule has 1 aromatic carbocycles. The third kappa shape index (κ3) is 3.14. The second kappa shape index (κ2) is 6.33. The van der Waals surface area contributed by atoms with E-state index in [2.05, 4.69) is 15.3 Å². The molecule has 0 saturated heterocycles. The van der Waals surface area contributed by atoms with Crippen molar-refractivity contribution < 1.29 is 4.92 Å². The molecule has 3 N–H and O–H groups in total. The van der Waals surface area contributed by atoms with Crippen LogP contribution < -0.4 is 11.1 Å². The fourth-order valence-corrected chi connectivity index (χ4v) is 2.35. The van der Waals surface area contributed by atoms with Gasteiger partial charge in [-0.2, -0.15) is 0 Å². The number of benzene rings is 1. The number of nitrogens with one attached hydrogen (secondary N) is 1. The van der Waals surface area contributed by atoms with Crippen molar-refractivity contribution in [3.05, 3.63) is 70.5 Å². The Balaban J connectivity index is 2.05. The molecule has 3 rings (SSSR count). The first-order valence-corrected chi connectivity index (χ1v) is 7.24. The van der Waals surface area contributed by atoms with Gasteiger partial charge >= 0.3 is 0 Å². The van der Waals surface area contributed by atoms with E-state index < -0.39 is 4.92 Å². The van der Waals surface area contributed by atoms with Crippen LogP contribution in [0.2, 0.25) is 0 Å². The normalized spacial score (nSPS) is 10.4. The predicted molar refractivity (Wildman–Crippen MR) is 93.0 cm³/mol. The predicted octanol–water partition coefficient (Wildman–Crippen LogP) is 3.69. The van der Waals surface area contributed by atoms with Gasteiger partial charge in [-0.3, -0.25) is 15.1 Å². The van der Waals surface area contributed by atoms with Gasteiger partial charge in [-0.05, 0) is 43.3 Å². The number of nitrogens with two attached hydrogens (primary N) is 1. The number of nitro benzene ring substituents is 1. The summed E-state index contributed by atoms with van der Waals surface area (Å²) in [4.78, 5) is 19.3. The van der Waals surface area contributed by atoms with Crippen molar-refractivity contribution in [2.75, 3.05) is 11.1 Å². The van der Waals surface area contributed by atoms with E-state index in [4.69, 9.17) is 5.73 Å². The number of rotatable bonds is 4. The summed E-state index contributed by atoms with van der Waals surface area (Å²) in [6.07, 6.45) is 1.68. The first-order valence-electron chi connectivity index (χ1n) is 7.24. The van der Waals surface area contributed by atoms with Crippen molar-refractivity contribution in [1.29, 1.82) is 0 Å². The zero-order valence-electron chi connectivity index (χ0n) is 12.9. The molecule has 0 bridgehead atoms. The van der Waals surface area contributed by atoms with Gasteiger partial charge in [0.05, 0.1) is 22.0 Å². The largest absolute Gasteiger partial charge is 0.384 e. The highest BCUT2D eigenvalue weighted by molar-refractivity contribution is 5.77. The lowest BCUT2D eigenvalue weighted by molar-refractivity contribution is -0.383. The van der Waals surface area contributed by atoms with Gasteiger partial charge < -0.3 is 11.1 Å². The second-order valence-corrected chi connectivity index (χ2v) is 5.20. The van der Waals surface area contributed by atoms with Gasteiger partial charge in [0.1, 0.15) is 11.5 Å². The van der Waals surface area contributed by atoms with Crippen LogP contribution in [0.4, 0.5) is 22.9 Å². The van der Waals surface area contributed by atoms with Crippen molar-refractivity contribution >= 4 is 22.9 Å². The van der Waals surface area contributed by atoms with Crippen molar-refractivity contribution in [1.82, 2.24) is 9.97 Å². The highest BCUT2D eigenvalue weighted by Crippen LogP contribution is 2.32. The van der Waals surface area contributed by atoms with E-state index in [0.29, 0.717) is 22.9 Å². The van der Waals surface area contributed by atoms with E-state index >= 15 is 0 Å². The Bertz CT molecular complexity index is 897. The molecule has 3 aromatic rings. The summed E-state index contributed by atoms with van der Waals surface area (Å²) in [6, 6.07) is 13.8. The van der Waals surface area contributed by atoms with Gasteiger partial charge in [0.15, 0.2) is 0 Å². The second-order valence-electron chi connectivity index (χ2n) is 5.20. The van der Waals surface area contributed by atoms with Gasteiger partial charge in [0, 0.05) is 17.8 Å². The first kappa shape index (κ1) is 15.4. The number of nitrogens with zero attached hydrogens (tertiary/aromatic N) is 3. The Hall–Kier alpha value is -3.48. The van der Waals surface area contributed by atoms with Crippen molar-refractivity contribution in [2.45, 2.75) is 6.92 Å². The van der Waals surface area contributed by atoms with Crippen LogP contribution >= 0.6 is 0 Å². The van der Waals surface area contributed by atoms with Gasteiger partial charge in [-0.15, -0.1) is 0 Å². The number of anilines is 3. The summed E-state index contributed by atoms with van der Waals surface area (Å²) >= 11 is 0. The highest BCUT2D eigenvalue weighted by atomic mass is 16.6. The molecule has 0 saturated carbocycles. The Kier molecular flexibility index (Phi) is 4.07. The smallest absolute Gasteiger partial charge is 0.292 e. The summed E-state index contributed by atoms with van der Waals surface area (Å²) in [5.74, 6) is 0.398. The lowest BCUT2D eigenvalue weighted by Gasteiger charge is -2.11. The van der Waals surface area contributed by atoms with Crippen LogP contribution in [0.15, 0.2) is 54.7 Å². The van der Waals surface area contributed by atoms with E-state index in [9.17, 15) is 10.1 Å². The van der Waals surface area contributed by atoms with E-state index in [1.54, 1.807) is 37.4 Å². The lowest BCUT2D eigenvalue weighted by Crippen LogP contribution is -2.01. The average molecular weight is 321 g/mol. The van der Waals surface area contributed by atoms with E-state index in [0.717, 1.165) is 11.3 Å². The number of hydrogen-bond donors (Lipinski definition) is 2. The minimum Gasteiger partial charge on any atom is -0.384 e. The molecule has 0 aliphatic carbocycles. The molecule has 0 aliphatic rings. The van der Waals surface area contributed by atoms with Crippen LogP contribution in [0.25, 0.3) is 11.3 Å². The van der Waals surface area contributed by atoms with Crippen molar-refractivity contribution in [3.63, 3.8) is 0 Å². The van der Waals surface area contributed by atoms with Crippen molar-refractivity contribution in [2.24, 2.45) is 0 Å². The van der Waals surface area contributed by atoms with Crippen LogP contribution in [-0.2, 0) is 0 Å². The monoisotopic (exact) mass is 321 g/mol. The molecule has 0 radical (unpaired) electrons. The SMILES string of the molecule is Cc1nc(N)ccc1Nc1cc(-c2ccccn2)ccc1[N+](=O)[O-]. The number of pyridine rings is 2. The molecule has 24 heavy (non-hydrogen) atoms.